The number of hydrogen-bond acceptors (Lipinski definition) is 2. The molecule has 86 valence electrons. The van der Waals surface area contributed by atoms with Gasteiger partial charge in [0.05, 0.1) is 6.04 Å². The second-order valence-corrected chi connectivity index (χ2v) is 4.25. The van der Waals surface area contributed by atoms with E-state index in [1.807, 2.05) is 36.5 Å². The molecule has 2 N–H and O–H groups in total. The number of nitrogens with two attached hydrogens (primary N) is 1. The zero-order valence-corrected chi connectivity index (χ0v) is 9.63. The largest absolute Gasteiger partial charge is 0.370 e. The lowest BCUT2D eigenvalue weighted by atomic mass is 10.2. The Balaban J connectivity index is 1.81. The average Bonchev–Trinajstić information content (AvgIpc) is 3.11. The van der Waals surface area contributed by atoms with Gasteiger partial charge in [0.2, 0.25) is 0 Å². The van der Waals surface area contributed by atoms with E-state index in [-0.39, 0.29) is 0 Å². The van der Waals surface area contributed by atoms with Gasteiger partial charge in [0.25, 0.3) is 0 Å². The van der Waals surface area contributed by atoms with Gasteiger partial charge in [-0.25, -0.2) is 4.99 Å². The van der Waals surface area contributed by atoms with Crippen LogP contribution in [0.2, 0.25) is 0 Å². The highest BCUT2D eigenvalue weighted by Crippen LogP contribution is 2.23. The Hall–Kier alpha value is -1.58. The minimum Gasteiger partial charge on any atom is -0.370 e. The van der Waals surface area contributed by atoms with Crippen LogP contribution < -0.4 is 5.73 Å². The minimum absolute atomic E-state index is 0.489. The predicted octanol–water partition coefficient (Wildman–Crippen LogP) is 1.03. The van der Waals surface area contributed by atoms with E-state index in [9.17, 15) is 0 Å². The number of nitrogens with zero attached hydrogens (tertiary/aromatic N) is 3. The first-order chi connectivity index (χ1) is 7.75. The molecule has 1 aliphatic rings. The van der Waals surface area contributed by atoms with E-state index >= 15 is 0 Å². The summed E-state index contributed by atoms with van der Waals surface area (Å²) < 4.78 is 0. The molecule has 0 aliphatic heterocycles. The minimum atomic E-state index is 0.489. The Morgan fingerprint density at radius 2 is 2.19 bits per heavy atom. The van der Waals surface area contributed by atoms with Gasteiger partial charge in [-0.1, -0.05) is 0 Å². The summed E-state index contributed by atoms with van der Waals surface area (Å²) >= 11 is 0. The number of aromatic nitrogens is 1. The first kappa shape index (κ1) is 10.9. The number of pyridine rings is 1. The maximum absolute atomic E-state index is 5.89. The van der Waals surface area contributed by atoms with Crippen LogP contribution in [0.5, 0.6) is 0 Å². The number of likely N-dealkylation sites (N-methyl/N-ethyl adjacent to an activating group) is 1. The van der Waals surface area contributed by atoms with E-state index in [1.165, 1.54) is 18.4 Å². The highest BCUT2D eigenvalue weighted by atomic mass is 15.2. The third-order valence-electron chi connectivity index (χ3n) is 2.74. The lowest BCUT2D eigenvalue weighted by Gasteiger charge is -2.17. The van der Waals surface area contributed by atoms with Crippen molar-refractivity contribution in [2.75, 3.05) is 13.6 Å². The molecule has 0 saturated heterocycles. The zero-order chi connectivity index (χ0) is 11.4. The van der Waals surface area contributed by atoms with Crippen LogP contribution in [-0.4, -0.2) is 35.5 Å². The van der Waals surface area contributed by atoms with Crippen molar-refractivity contribution >= 4 is 5.96 Å². The number of aliphatic imine (C=N–C) groups is 1. The van der Waals surface area contributed by atoms with Crippen LogP contribution in [-0.2, 0) is 6.42 Å². The topological polar surface area (TPSA) is 54.5 Å². The first-order valence-electron chi connectivity index (χ1n) is 5.69. The maximum Gasteiger partial charge on any atom is 0.191 e. The molecule has 1 aromatic rings. The SMILES string of the molecule is CN(CCc1ccncc1)C(N)=NC1CC1. The summed E-state index contributed by atoms with van der Waals surface area (Å²) in [6, 6.07) is 4.55. The standard InChI is InChI=1S/C12H18N4/c1-16(12(13)15-11-2-3-11)9-6-10-4-7-14-8-5-10/h4-5,7-8,11H,2-3,6,9H2,1H3,(H2,13,15). The molecule has 1 saturated carbocycles. The lowest BCUT2D eigenvalue weighted by molar-refractivity contribution is 0.499. The second kappa shape index (κ2) is 4.96. The fraction of sp³-hybridized carbons (Fsp3) is 0.500. The van der Waals surface area contributed by atoms with Crippen molar-refractivity contribution in [1.29, 1.82) is 0 Å². The summed E-state index contributed by atoms with van der Waals surface area (Å²) in [5.74, 6) is 0.663. The fourth-order valence-electron chi connectivity index (χ4n) is 1.45. The van der Waals surface area contributed by atoms with Crippen LogP contribution in [0.1, 0.15) is 18.4 Å². The fourth-order valence-corrected chi connectivity index (χ4v) is 1.45. The summed E-state index contributed by atoms with van der Waals surface area (Å²) in [6.07, 6.45) is 6.99. The molecule has 4 nitrogen and oxygen atoms in total. The van der Waals surface area contributed by atoms with Gasteiger partial charge in [-0.05, 0) is 37.0 Å². The molecule has 4 heteroatoms. The molecule has 0 aromatic carbocycles. The smallest absolute Gasteiger partial charge is 0.191 e. The molecule has 0 bridgehead atoms. The van der Waals surface area contributed by atoms with Crippen molar-refractivity contribution in [2.24, 2.45) is 10.7 Å². The molecule has 0 spiro atoms. The number of rotatable bonds is 4. The Bertz CT molecular complexity index is 357. The normalized spacial score (nSPS) is 16.2. The number of guanidine groups is 1. The third kappa shape index (κ3) is 3.22. The van der Waals surface area contributed by atoms with Crippen LogP contribution in [0.25, 0.3) is 0 Å². The molecule has 1 fully saturated rings. The van der Waals surface area contributed by atoms with Crippen molar-refractivity contribution in [1.82, 2.24) is 9.88 Å². The summed E-state index contributed by atoms with van der Waals surface area (Å²) in [7, 11) is 1.99. The monoisotopic (exact) mass is 218 g/mol. The molecule has 1 aromatic heterocycles. The first-order valence-corrected chi connectivity index (χ1v) is 5.69. The van der Waals surface area contributed by atoms with Gasteiger partial charge in [0.15, 0.2) is 5.96 Å². The van der Waals surface area contributed by atoms with Gasteiger partial charge in [0, 0.05) is 26.0 Å². The Morgan fingerprint density at radius 3 is 2.81 bits per heavy atom. The molecule has 0 unspecified atom stereocenters. The maximum atomic E-state index is 5.89. The van der Waals surface area contributed by atoms with E-state index in [0.717, 1.165) is 13.0 Å². The Labute approximate surface area is 96.2 Å². The molecule has 0 amide bonds. The van der Waals surface area contributed by atoms with Crippen molar-refractivity contribution in [3.05, 3.63) is 30.1 Å². The Kier molecular flexibility index (Phi) is 3.39. The van der Waals surface area contributed by atoms with Gasteiger partial charge in [-0.2, -0.15) is 0 Å². The van der Waals surface area contributed by atoms with Crippen LogP contribution >= 0.6 is 0 Å². The molecule has 1 aliphatic carbocycles. The van der Waals surface area contributed by atoms with Crippen LogP contribution in [0.15, 0.2) is 29.5 Å². The lowest BCUT2D eigenvalue weighted by Crippen LogP contribution is -2.35. The molecule has 1 heterocycles. The molecular weight excluding hydrogens is 200 g/mol. The van der Waals surface area contributed by atoms with Gasteiger partial charge in [-0.3, -0.25) is 4.98 Å². The highest BCUT2D eigenvalue weighted by molar-refractivity contribution is 5.78. The molecule has 16 heavy (non-hydrogen) atoms. The highest BCUT2D eigenvalue weighted by Gasteiger charge is 2.21. The summed E-state index contributed by atoms with van der Waals surface area (Å²) in [5.41, 5.74) is 7.16. The molecule has 0 atom stereocenters. The Morgan fingerprint density at radius 1 is 1.50 bits per heavy atom. The second-order valence-electron chi connectivity index (χ2n) is 4.25. The molecule has 0 radical (unpaired) electrons. The average molecular weight is 218 g/mol. The molecule has 2 rings (SSSR count). The van der Waals surface area contributed by atoms with Crippen molar-refractivity contribution in [2.45, 2.75) is 25.3 Å². The van der Waals surface area contributed by atoms with E-state index < -0.39 is 0 Å². The molecular formula is C12H18N4. The van der Waals surface area contributed by atoms with Gasteiger partial charge < -0.3 is 10.6 Å². The van der Waals surface area contributed by atoms with Crippen molar-refractivity contribution < 1.29 is 0 Å². The summed E-state index contributed by atoms with van der Waals surface area (Å²) in [4.78, 5) is 10.4. The van der Waals surface area contributed by atoms with E-state index in [4.69, 9.17) is 5.73 Å². The van der Waals surface area contributed by atoms with Crippen molar-refractivity contribution in [3.8, 4) is 0 Å². The summed E-state index contributed by atoms with van der Waals surface area (Å²) in [6.45, 7) is 0.895. The van der Waals surface area contributed by atoms with Crippen LogP contribution in [0, 0.1) is 0 Å². The summed E-state index contributed by atoms with van der Waals surface area (Å²) in [5, 5.41) is 0. The van der Waals surface area contributed by atoms with E-state index in [0.29, 0.717) is 12.0 Å². The number of hydrogen-bond donors (Lipinski definition) is 1. The van der Waals surface area contributed by atoms with Gasteiger partial charge >= 0.3 is 0 Å². The third-order valence-corrected chi connectivity index (χ3v) is 2.74. The van der Waals surface area contributed by atoms with Gasteiger partial charge in [0.1, 0.15) is 0 Å². The quantitative estimate of drug-likeness (QED) is 0.606. The van der Waals surface area contributed by atoms with Crippen LogP contribution in [0.4, 0.5) is 0 Å². The van der Waals surface area contributed by atoms with E-state index in [2.05, 4.69) is 9.98 Å². The van der Waals surface area contributed by atoms with Gasteiger partial charge in [-0.15, -0.1) is 0 Å². The predicted molar refractivity (Wildman–Crippen MR) is 65.2 cm³/mol. The van der Waals surface area contributed by atoms with E-state index in [1.54, 1.807) is 0 Å². The van der Waals surface area contributed by atoms with Crippen molar-refractivity contribution in [3.63, 3.8) is 0 Å². The zero-order valence-electron chi connectivity index (χ0n) is 9.63. The van der Waals surface area contributed by atoms with Crippen LogP contribution in [0.3, 0.4) is 0 Å².